The van der Waals surface area contributed by atoms with Crippen molar-refractivity contribution in [3.63, 3.8) is 0 Å². The molecule has 0 saturated carbocycles. The first-order valence-electron chi connectivity index (χ1n) is 7.80. The van der Waals surface area contributed by atoms with E-state index in [9.17, 15) is 9.59 Å². The summed E-state index contributed by atoms with van der Waals surface area (Å²) in [6, 6.07) is 9.38. The smallest absolute Gasteiger partial charge is 0.312 e. The summed E-state index contributed by atoms with van der Waals surface area (Å²) < 4.78 is 0. The minimum atomic E-state index is -0.226. The largest absolute Gasteiger partial charge is 0.328 e. The van der Waals surface area contributed by atoms with E-state index in [1.807, 2.05) is 30.3 Å². The Morgan fingerprint density at radius 2 is 1.81 bits per heavy atom. The van der Waals surface area contributed by atoms with Crippen LogP contribution in [0.2, 0.25) is 0 Å². The van der Waals surface area contributed by atoms with Crippen molar-refractivity contribution in [2.24, 2.45) is 5.92 Å². The first-order valence-corrected chi connectivity index (χ1v) is 7.80. The van der Waals surface area contributed by atoms with Crippen LogP contribution in [0.3, 0.4) is 0 Å². The zero-order valence-corrected chi connectivity index (χ0v) is 12.7. The van der Waals surface area contributed by atoms with Crippen LogP contribution in [0.15, 0.2) is 30.3 Å². The van der Waals surface area contributed by atoms with E-state index in [0.717, 1.165) is 24.8 Å². The zero-order valence-electron chi connectivity index (χ0n) is 12.7. The van der Waals surface area contributed by atoms with Crippen molar-refractivity contribution >= 4 is 11.9 Å². The Morgan fingerprint density at radius 3 is 2.43 bits per heavy atom. The number of nitrogens with zero attached hydrogens (tertiary/aromatic N) is 2. The Balaban J connectivity index is 1.96. The van der Waals surface area contributed by atoms with E-state index in [4.69, 9.17) is 0 Å². The van der Waals surface area contributed by atoms with Crippen molar-refractivity contribution in [1.29, 1.82) is 0 Å². The van der Waals surface area contributed by atoms with E-state index >= 15 is 0 Å². The van der Waals surface area contributed by atoms with Gasteiger partial charge in [-0.25, -0.2) is 4.79 Å². The van der Waals surface area contributed by atoms with Gasteiger partial charge in [0.2, 0.25) is 0 Å². The summed E-state index contributed by atoms with van der Waals surface area (Å²) in [6.45, 7) is 4.84. The second-order valence-electron chi connectivity index (χ2n) is 6.30. The Hall–Kier alpha value is -1.84. The van der Waals surface area contributed by atoms with E-state index in [-0.39, 0.29) is 29.9 Å². The van der Waals surface area contributed by atoms with Gasteiger partial charge in [0.15, 0.2) is 0 Å². The summed E-state index contributed by atoms with van der Waals surface area (Å²) in [5.74, 6) is 0.184. The topological polar surface area (TPSA) is 40.6 Å². The lowest BCUT2D eigenvalue weighted by Crippen LogP contribution is -2.39. The summed E-state index contributed by atoms with van der Waals surface area (Å²) in [7, 11) is 0. The molecule has 2 saturated heterocycles. The summed E-state index contributed by atoms with van der Waals surface area (Å²) in [4.78, 5) is 28.7. The molecule has 1 aromatic carbocycles. The third-order valence-electron chi connectivity index (χ3n) is 4.53. The molecule has 4 heteroatoms. The van der Waals surface area contributed by atoms with Gasteiger partial charge in [-0.2, -0.15) is 0 Å². The Bertz CT molecular complexity index is 517. The summed E-state index contributed by atoms with van der Waals surface area (Å²) in [5, 5.41) is 0. The van der Waals surface area contributed by atoms with Crippen LogP contribution in [0.25, 0.3) is 0 Å². The highest BCUT2D eigenvalue weighted by Crippen LogP contribution is 2.36. The first kappa shape index (κ1) is 14.1. The molecule has 0 aliphatic carbocycles. The van der Waals surface area contributed by atoms with Crippen LogP contribution in [0, 0.1) is 5.92 Å². The minimum Gasteiger partial charge on any atom is -0.312 e. The van der Waals surface area contributed by atoms with Gasteiger partial charge in [0.1, 0.15) is 6.04 Å². The van der Waals surface area contributed by atoms with Gasteiger partial charge in [0, 0.05) is 6.54 Å². The summed E-state index contributed by atoms with van der Waals surface area (Å²) in [5.41, 5.74) is 1.04. The first-order chi connectivity index (χ1) is 10.1. The Morgan fingerprint density at radius 1 is 1.10 bits per heavy atom. The second-order valence-corrected chi connectivity index (χ2v) is 6.30. The van der Waals surface area contributed by atoms with E-state index in [1.54, 1.807) is 4.90 Å². The molecule has 21 heavy (non-hydrogen) atoms. The number of hydrogen-bond acceptors (Lipinski definition) is 2. The minimum absolute atomic E-state index is 0.0118. The summed E-state index contributed by atoms with van der Waals surface area (Å²) >= 11 is 0. The fourth-order valence-electron chi connectivity index (χ4n) is 3.55. The molecule has 2 aliphatic rings. The van der Waals surface area contributed by atoms with Gasteiger partial charge in [-0.15, -0.1) is 0 Å². The molecular formula is C17H22N2O2. The second kappa shape index (κ2) is 5.51. The number of imide groups is 1. The number of urea groups is 1. The molecule has 4 nitrogen and oxygen atoms in total. The zero-order chi connectivity index (χ0) is 15.0. The van der Waals surface area contributed by atoms with Crippen LogP contribution in [0.1, 0.15) is 44.7 Å². The number of carbonyl (C=O) groups is 2. The molecule has 1 aromatic rings. The van der Waals surface area contributed by atoms with Crippen molar-refractivity contribution in [2.75, 3.05) is 6.54 Å². The van der Waals surface area contributed by atoms with Crippen molar-refractivity contribution in [3.05, 3.63) is 35.9 Å². The quantitative estimate of drug-likeness (QED) is 0.801. The lowest BCUT2D eigenvalue weighted by molar-refractivity contribution is -0.131. The third-order valence-corrected chi connectivity index (χ3v) is 4.53. The molecule has 3 rings (SSSR count). The normalized spacial score (nSPS) is 23.7. The molecule has 0 unspecified atom stereocenters. The predicted molar refractivity (Wildman–Crippen MR) is 80.6 cm³/mol. The molecule has 0 aromatic heterocycles. The molecule has 2 fully saturated rings. The molecule has 2 aliphatic heterocycles. The maximum Gasteiger partial charge on any atom is 0.328 e. The Kier molecular flexibility index (Phi) is 3.70. The highest BCUT2D eigenvalue weighted by molar-refractivity contribution is 6.04. The van der Waals surface area contributed by atoms with Gasteiger partial charge in [-0.1, -0.05) is 44.2 Å². The van der Waals surface area contributed by atoms with Gasteiger partial charge >= 0.3 is 6.03 Å². The van der Waals surface area contributed by atoms with Crippen LogP contribution in [0.4, 0.5) is 4.79 Å². The summed E-state index contributed by atoms with van der Waals surface area (Å²) in [6.07, 6.45) is 2.84. The van der Waals surface area contributed by atoms with Crippen LogP contribution in [-0.4, -0.2) is 34.3 Å². The average Bonchev–Trinajstić information content (AvgIpc) is 2.74. The number of benzene rings is 1. The number of rotatable bonds is 3. The van der Waals surface area contributed by atoms with Crippen molar-refractivity contribution in [3.8, 4) is 0 Å². The van der Waals surface area contributed by atoms with E-state index in [0.29, 0.717) is 6.54 Å². The number of fused-ring (bicyclic) bond motifs is 1. The number of piperidine rings is 1. The lowest BCUT2D eigenvalue weighted by atomic mass is 9.94. The van der Waals surface area contributed by atoms with E-state index < -0.39 is 0 Å². The highest BCUT2D eigenvalue weighted by atomic mass is 16.2. The number of amides is 3. The van der Waals surface area contributed by atoms with E-state index in [2.05, 4.69) is 13.8 Å². The van der Waals surface area contributed by atoms with Crippen LogP contribution >= 0.6 is 0 Å². The molecule has 2 heterocycles. The number of carbonyl (C=O) groups excluding carboxylic acids is 2. The van der Waals surface area contributed by atoms with Crippen LogP contribution in [-0.2, 0) is 4.79 Å². The third kappa shape index (κ3) is 2.33. The molecule has 2 atom stereocenters. The maximum absolute atomic E-state index is 12.7. The van der Waals surface area contributed by atoms with Gasteiger partial charge in [-0.05, 0) is 30.7 Å². The standard InChI is InChI=1S/C17H22N2O2/c1-12(2)15(13-8-4-3-5-9-13)19-16(20)14-10-6-7-11-18(14)17(19)21/h3-5,8-9,12,14-15H,6-7,10-11H2,1-2H3/t14-,15-/m1/s1. The van der Waals surface area contributed by atoms with E-state index in [1.165, 1.54) is 4.90 Å². The monoisotopic (exact) mass is 286 g/mol. The van der Waals surface area contributed by atoms with Crippen LogP contribution in [0.5, 0.6) is 0 Å². The fraction of sp³-hybridized carbons (Fsp3) is 0.529. The predicted octanol–water partition coefficient (Wildman–Crippen LogP) is 3.20. The molecule has 3 amide bonds. The molecule has 112 valence electrons. The van der Waals surface area contributed by atoms with Crippen molar-refractivity contribution in [2.45, 2.75) is 45.2 Å². The van der Waals surface area contributed by atoms with Gasteiger partial charge in [0.25, 0.3) is 5.91 Å². The van der Waals surface area contributed by atoms with Crippen LogP contribution < -0.4 is 0 Å². The van der Waals surface area contributed by atoms with Crippen molar-refractivity contribution < 1.29 is 9.59 Å². The lowest BCUT2D eigenvalue weighted by Gasteiger charge is -2.30. The highest BCUT2D eigenvalue weighted by Gasteiger charge is 2.49. The molecule has 0 spiro atoms. The molecule has 0 bridgehead atoms. The van der Waals surface area contributed by atoms with Crippen molar-refractivity contribution in [1.82, 2.24) is 9.80 Å². The number of hydrogen-bond donors (Lipinski definition) is 0. The molecule has 0 N–H and O–H groups in total. The van der Waals surface area contributed by atoms with Gasteiger partial charge in [-0.3, -0.25) is 9.69 Å². The Labute approximate surface area is 125 Å². The fourth-order valence-corrected chi connectivity index (χ4v) is 3.55. The molecular weight excluding hydrogens is 264 g/mol. The maximum atomic E-state index is 12.7. The average molecular weight is 286 g/mol. The van der Waals surface area contributed by atoms with Gasteiger partial charge < -0.3 is 4.90 Å². The SMILES string of the molecule is CC(C)[C@H](c1ccccc1)N1C(=O)[C@H]2CCCCN2C1=O. The molecule has 0 radical (unpaired) electrons. The van der Waals surface area contributed by atoms with Gasteiger partial charge in [0.05, 0.1) is 6.04 Å².